The summed E-state index contributed by atoms with van der Waals surface area (Å²) in [5.41, 5.74) is 0.129. The second kappa shape index (κ2) is 9.32. The van der Waals surface area contributed by atoms with Crippen LogP contribution in [0.3, 0.4) is 0 Å². The summed E-state index contributed by atoms with van der Waals surface area (Å²) in [5, 5.41) is 23.5. The van der Waals surface area contributed by atoms with Crippen molar-refractivity contribution in [3.05, 3.63) is 33.9 Å². The Kier molecular flexibility index (Phi) is 7.10. The van der Waals surface area contributed by atoms with E-state index in [0.717, 1.165) is 7.11 Å². The summed E-state index contributed by atoms with van der Waals surface area (Å²) >= 11 is 0. The number of nitrogens with one attached hydrogen (secondary N) is 1. The third kappa shape index (κ3) is 5.19. The van der Waals surface area contributed by atoms with Crippen molar-refractivity contribution in [3.8, 4) is 5.75 Å². The maximum Gasteiger partial charge on any atom is 0.328 e. The van der Waals surface area contributed by atoms with Crippen molar-refractivity contribution >= 4 is 23.5 Å². The molecule has 0 spiro atoms. The molecule has 1 heterocycles. The smallest absolute Gasteiger partial charge is 0.328 e. The van der Waals surface area contributed by atoms with Gasteiger partial charge in [0.05, 0.1) is 25.2 Å². The standard InChI is InChI=1S/C18H23N3O8/c1-10(22)20-9-12(23)8-15(20)17(24)19-13(18(25)29-3)6-11-4-5-16(28-2)14(7-11)21(26)27/h4-5,7,12-13,15,23H,6,8-9H2,1-3H3,(H,19,24)/t12-,13+,15+/m1/s1. The van der Waals surface area contributed by atoms with Gasteiger partial charge in [0.25, 0.3) is 0 Å². The van der Waals surface area contributed by atoms with Crippen LogP contribution >= 0.6 is 0 Å². The van der Waals surface area contributed by atoms with E-state index in [1.165, 1.54) is 37.1 Å². The largest absolute Gasteiger partial charge is 0.490 e. The highest BCUT2D eigenvalue weighted by molar-refractivity contribution is 5.91. The van der Waals surface area contributed by atoms with Crippen LogP contribution in [0, 0.1) is 10.1 Å². The normalized spacial score (nSPS) is 19.4. The second-order valence-corrected chi connectivity index (χ2v) is 6.63. The first-order valence-corrected chi connectivity index (χ1v) is 8.82. The number of carbonyl (C=O) groups is 3. The number of aliphatic hydroxyl groups is 1. The van der Waals surface area contributed by atoms with Crippen molar-refractivity contribution in [2.75, 3.05) is 20.8 Å². The monoisotopic (exact) mass is 409 g/mol. The quantitative estimate of drug-likeness (QED) is 0.357. The Morgan fingerprint density at radius 3 is 2.62 bits per heavy atom. The van der Waals surface area contributed by atoms with Crippen LogP contribution in [0.15, 0.2) is 18.2 Å². The minimum atomic E-state index is -1.13. The Hall–Kier alpha value is -3.21. The number of ether oxygens (including phenoxy) is 2. The Labute approximate surface area is 166 Å². The van der Waals surface area contributed by atoms with Crippen LogP contribution in [0.5, 0.6) is 5.75 Å². The zero-order valence-electron chi connectivity index (χ0n) is 16.3. The van der Waals surface area contributed by atoms with Crippen molar-refractivity contribution < 1.29 is 33.9 Å². The highest BCUT2D eigenvalue weighted by Gasteiger charge is 2.39. The minimum Gasteiger partial charge on any atom is -0.490 e. The lowest BCUT2D eigenvalue weighted by Gasteiger charge is -2.24. The molecule has 2 N–H and O–H groups in total. The number of β-amino-alcohol motifs (C(OH)–C–C–N with tert-alkyl or cyclic N) is 1. The third-order valence-electron chi connectivity index (χ3n) is 4.67. The predicted octanol–water partition coefficient (Wildman–Crippen LogP) is -0.215. The number of nitro groups is 1. The topological polar surface area (TPSA) is 148 Å². The lowest BCUT2D eigenvalue weighted by atomic mass is 10.0. The number of hydrogen-bond acceptors (Lipinski definition) is 8. The van der Waals surface area contributed by atoms with E-state index < -0.39 is 35.0 Å². The molecular weight excluding hydrogens is 386 g/mol. The Morgan fingerprint density at radius 2 is 2.07 bits per heavy atom. The van der Waals surface area contributed by atoms with Gasteiger partial charge < -0.3 is 24.8 Å². The molecule has 1 aromatic rings. The van der Waals surface area contributed by atoms with Gasteiger partial charge in [-0.2, -0.15) is 0 Å². The van der Waals surface area contributed by atoms with Gasteiger partial charge in [-0.1, -0.05) is 6.07 Å². The Balaban J connectivity index is 2.21. The van der Waals surface area contributed by atoms with Crippen LogP contribution < -0.4 is 10.1 Å². The lowest BCUT2D eigenvalue weighted by Crippen LogP contribution is -2.51. The highest BCUT2D eigenvalue weighted by Crippen LogP contribution is 2.28. The third-order valence-corrected chi connectivity index (χ3v) is 4.67. The lowest BCUT2D eigenvalue weighted by molar-refractivity contribution is -0.385. The fourth-order valence-corrected chi connectivity index (χ4v) is 3.25. The fourth-order valence-electron chi connectivity index (χ4n) is 3.25. The first-order valence-electron chi connectivity index (χ1n) is 8.82. The van der Waals surface area contributed by atoms with Gasteiger partial charge in [0, 0.05) is 32.4 Å². The molecule has 0 aliphatic carbocycles. The van der Waals surface area contributed by atoms with Gasteiger partial charge in [-0.05, 0) is 11.6 Å². The molecule has 1 aromatic carbocycles. The van der Waals surface area contributed by atoms with Crippen LogP contribution in [-0.2, 0) is 25.5 Å². The van der Waals surface area contributed by atoms with E-state index in [9.17, 15) is 29.6 Å². The molecule has 158 valence electrons. The van der Waals surface area contributed by atoms with Crippen molar-refractivity contribution in [1.29, 1.82) is 0 Å². The molecule has 0 unspecified atom stereocenters. The number of aliphatic hydroxyl groups excluding tert-OH is 1. The van der Waals surface area contributed by atoms with E-state index in [4.69, 9.17) is 9.47 Å². The van der Waals surface area contributed by atoms with Crippen LogP contribution in [0.1, 0.15) is 18.9 Å². The van der Waals surface area contributed by atoms with Crippen molar-refractivity contribution in [2.45, 2.75) is 38.0 Å². The molecule has 11 heteroatoms. The molecule has 0 bridgehead atoms. The second-order valence-electron chi connectivity index (χ2n) is 6.63. The molecule has 0 saturated carbocycles. The molecule has 0 aromatic heterocycles. The molecule has 1 saturated heterocycles. The van der Waals surface area contributed by atoms with Gasteiger partial charge >= 0.3 is 11.7 Å². The molecule has 2 amide bonds. The number of carbonyl (C=O) groups excluding carboxylic acids is 3. The van der Waals surface area contributed by atoms with Gasteiger partial charge in [-0.3, -0.25) is 19.7 Å². The Bertz CT molecular complexity index is 812. The number of hydrogen-bond donors (Lipinski definition) is 2. The number of likely N-dealkylation sites (tertiary alicyclic amines) is 1. The number of nitrogens with zero attached hydrogens (tertiary/aromatic N) is 2. The SMILES string of the molecule is COC(=O)[C@H](Cc1ccc(OC)c([N+](=O)[O-])c1)NC(=O)[C@@H]1C[C@@H](O)CN1C(C)=O. The highest BCUT2D eigenvalue weighted by atomic mass is 16.6. The summed E-state index contributed by atoms with van der Waals surface area (Å²) in [6.07, 6.45) is -0.859. The maximum absolute atomic E-state index is 12.7. The van der Waals surface area contributed by atoms with Gasteiger partial charge in [0.15, 0.2) is 5.75 Å². The van der Waals surface area contributed by atoms with Gasteiger partial charge in [0.1, 0.15) is 12.1 Å². The van der Waals surface area contributed by atoms with E-state index in [-0.39, 0.29) is 36.7 Å². The van der Waals surface area contributed by atoms with E-state index >= 15 is 0 Å². The average molecular weight is 409 g/mol. The minimum absolute atomic E-state index is 0.0288. The molecule has 29 heavy (non-hydrogen) atoms. The molecule has 1 aliphatic rings. The predicted molar refractivity (Wildman–Crippen MR) is 99.1 cm³/mol. The molecule has 1 aliphatic heterocycles. The summed E-state index contributed by atoms with van der Waals surface area (Å²) in [7, 11) is 2.45. The van der Waals surface area contributed by atoms with Gasteiger partial charge in [-0.15, -0.1) is 0 Å². The zero-order chi connectivity index (χ0) is 21.7. The number of nitro benzene ring substituents is 1. The summed E-state index contributed by atoms with van der Waals surface area (Å²) < 4.78 is 9.67. The van der Waals surface area contributed by atoms with Gasteiger partial charge in [-0.25, -0.2) is 4.79 Å². The van der Waals surface area contributed by atoms with Crippen molar-refractivity contribution in [2.24, 2.45) is 0 Å². The van der Waals surface area contributed by atoms with Crippen LogP contribution in [-0.4, -0.2) is 71.7 Å². The Morgan fingerprint density at radius 1 is 1.38 bits per heavy atom. The van der Waals surface area contributed by atoms with Gasteiger partial charge in [0.2, 0.25) is 11.8 Å². The molecule has 11 nitrogen and oxygen atoms in total. The molecule has 3 atom stereocenters. The first-order chi connectivity index (χ1) is 13.7. The van der Waals surface area contributed by atoms with Crippen LogP contribution in [0.4, 0.5) is 5.69 Å². The average Bonchev–Trinajstić information content (AvgIpc) is 3.08. The van der Waals surface area contributed by atoms with E-state index in [2.05, 4.69) is 5.32 Å². The zero-order valence-corrected chi connectivity index (χ0v) is 16.3. The number of amides is 2. The summed E-state index contributed by atoms with van der Waals surface area (Å²) in [4.78, 5) is 48.3. The molecule has 0 radical (unpaired) electrons. The van der Waals surface area contributed by atoms with E-state index in [1.807, 2.05) is 0 Å². The molecule has 1 fully saturated rings. The van der Waals surface area contributed by atoms with E-state index in [0.29, 0.717) is 5.56 Å². The number of benzene rings is 1. The first kappa shape index (κ1) is 22.1. The van der Waals surface area contributed by atoms with Crippen molar-refractivity contribution in [3.63, 3.8) is 0 Å². The maximum atomic E-state index is 12.7. The number of methoxy groups -OCH3 is 2. The number of esters is 1. The summed E-state index contributed by atoms with van der Waals surface area (Å²) in [5.74, 6) is -1.67. The van der Waals surface area contributed by atoms with Crippen molar-refractivity contribution in [1.82, 2.24) is 10.2 Å². The van der Waals surface area contributed by atoms with Crippen LogP contribution in [0.2, 0.25) is 0 Å². The summed E-state index contributed by atoms with van der Waals surface area (Å²) in [6, 6.07) is 2.14. The molecule has 2 rings (SSSR count). The number of rotatable bonds is 7. The fraction of sp³-hybridized carbons (Fsp3) is 0.500. The molecular formula is C18H23N3O8. The summed E-state index contributed by atoms with van der Waals surface area (Å²) in [6.45, 7) is 1.31. The van der Waals surface area contributed by atoms with Crippen LogP contribution in [0.25, 0.3) is 0 Å². The van der Waals surface area contributed by atoms with E-state index in [1.54, 1.807) is 0 Å².